The molecule has 6 heteroatoms. The summed E-state index contributed by atoms with van der Waals surface area (Å²) in [5.41, 5.74) is 0.440. The van der Waals surface area contributed by atoms with Crippen molar-refractivity contribution in [3.63, 3.8) is 0 Å². The van der Waals surface area contributed by atoms with Gasteiger partial charge in [-0.1, -0.05) is 6.07 Å². The van der Waals surface area contributed by atoms with Crippen LogP contribution in [0.15, 0.2) is 64.3 Å². The Labute approximate surface area is 140 Å². The molecular formula is C18H10O5S. The van der Waals surface area contributed by atoms with Crippen molar-refractivity contribution in [1.29, 1.82) is 0 Å². The predicted molar refractivity (Wildman–Crippen MR) is 87.4 cm³/mol. The van der Waals surface area contributed by atoms with E-state index in [2.05, 4.69) is 0 Å². The molecule has 3 aromatic rings. The lowest BCUT2D eigenvalue weighted by Crippen LogP contribution is -2.07. The van der Waals surface area contributed by atoms with Gasteiger partial charge in [0.1, 0.15) is 11.5 Å². The number of allylic oxidation sites excluding steroid dienone is 1. The maximum atomic E-state index is 12.3. The van der Waals surface area contributed by atoms with Gasteiger partial charge in [-0.3, -0.25) is 4.79 Å². The van der Waals surface area contributed by atoms with Crippen molar-refractivity contribution in [3.05, 3.63) is 76.1 Å². The second-order valence-corrected chi connectivity index (χ2v) is 5.96. The predicted octanol–water partition coefficient (Wildman–Crippen LogP) is 4.18. The number of fused-ring (bicyclic) bond motifs is 1. The number of furan rings is 1. The van der Waals surface area contributed by atoms with Gasteiger partial charge in [-0.2, -0.15) is 0 Å². The molecule has 0 aliphatic carbocycles. The summed E-state index contributed by atoms with van der Waals surface area (Å²) in [5.74, 6) is 0.196. The SMILES string of the molecule is O=C(Oc1ccc2c(c1)OC(=Cc1cccs1)C2=O)c1ccco1. The molecule has 0 N–H and O–H groups in total. The quantitative estimate of drug-likeness (QED) is 0.407. The van der Waals surface area contributed by atoms with Crippen LogP contribution < -0.4 is 9.47 Å². The smallest absolute Gasteiger partial charge is 0.379 e. The van der Waals surface area contributed by atoms with Crippen molar-refractivity contribution < 1.29 is 23.5 Å². The Morgan fingerprint density at radius 2 is 2.08 bits per heavy atom. The van der Waals surface area contributed by atoms with Gasteiger partial charge in [-0.15, -0.1) is 11.3 Å². The summed E-state index contributed by atoms with van der Waals surface area (Å²) in [4.78, 5) is 25.1. The summed E-state index contributed by atoms with van der Waals surface area (Å²) in [6.07, 6.45) is 3.09. The van der Waals surface area contributed by atoms with Gasteiger partial charge in [0.15, 0.2) is 5.76 Å². The average molecular weight is 338 g/mol. The van der Waals surface area contributed by atoms with E-state index in [0.29, 0.717) is 11.3 Å². The summed E-state index contributed by atoms with van der Waals surface area (Å²) in [7, 11) is 0. The van der Waals surface area contributed by atoms with Crippen molar-refractivity contribution in [2.45, 2.75) is 0 Å². The van der Waals surface area contributed by atoms with Crippen LogP contribution in [-0.2, 0) is 0 Å². The Bertz CT molecular complexity index is 936. The molecule has 3 heterocycles. The Morgan fingerprint density at radius 3 is 2.83 bits per heavy atom. The van der Waals surface area contributed by atoms with Crippen molar-refractivity contribution in [2.75, 3.05) is 0 Å². The fourth-order valence-electron chi connectivity index (χ4n) is 2.29. The number of esters is 1. The first kappa shape index (κ1) is 14.5. The minimum Gasteiger partial charge on any atom is -0.457 e. The summed E-state index contributed by atoms with van der Waals surface area (Å²) in [5, 5.41) is 1.92. The fraction of sp³-hybridized carbons (Fsp3) is 0. The standard InChI is InChI=1S/C18H10O5S/c19-17-13-6-5-11(22-18(20)14-4-1-7-21-14)9-15(13)23-16(17)10-12-3-2-8-24-12/h1-10H. The third-order valence-corrected chi connectivity index (χ3v) is 4.21. The molecule has 0 amide bonds. The van der Waals surface area contributed by atoms with Gasteiger partial charge in [0.2, 0.25) is 11.5 Å². The molecule has 1 aliphatic rings. The van der Waals surface area contributed by atoms with Crippen LogP contribution in [0.4, 0.5) is 0 Å². The largest absolute Gasteiger partial charge is 0.457 e. The fourth-order valence-corrected chi connectivity index (χ4v) is 2.93. The molecule has 0 saturated heterocycles. The second-order valence-electron chi connectivity index (χ2n) is 4.98. The highest BCUT2D eigenvalue weighted by Crippen LogP contribution is 2.35. The number of ether oxygens (including phenoxy) is 2. The zero-order chi connectivity index (χ0) is 16.5. The second kappa shape index (κ2) is 5.82. The van der Waals surface area contributed by atoms with Crippen molar-refractivity contribution >= 4 is 29.2 Å². The van der Waals surface area contributed by atoms with E-state index in [1.165, 1.54) is 29.7 Å². The van der Waals surface area contributed by atoms with E-state index in [-0.39, 0.29) is 23.1 Å². The van der Waals surface area contributed by atoms with Gasteiger partial charge in [-0.05, 0) is 35.7 Å². The topological polar surface area (TPSA) is 65.7 Å². The molecule has 118 valence electrons. The molecule has 0 bridgehead atoms. The highest BCUT2D eigenvalue weighted by Gasteiger charge is 2.28. The third-order valence-electron chi connectivity index (χ3n) is 3.39. The number of thiophene rings is 1. The molecule has 0 spiro atoms. The van der Waals surface area contributed by atoms with Crippen molar-refractivity contribution in [2.24, 2.45) is 0 Å². The summed E-state index contributed by atoms with van der Waals surface area (Å²) >= 11 is 1.51. The van der Waals surface area contributed by atoms with E-state index in [1.54, 1.807) is 24.3 Å². The van der Waals surface area contributed by atoms with Gasteiger partial charge in [0, 0.05) is 17.0 Å². The van der Waals surface area contributed by atoms with Crippen LogP contribution in [0.3, 0.4) is 0 Å². The zero-order valence-electron chi connectivity index (χ0n) is 12.2. The molecular weight excluding hydrogens is 328 g/mol. The zero-order valence-corrected chi connectivity index (χ0v) is 13.0. The van der Waals surface area contributed by atoms with Gasteiger partial charge in [0.05, 0.1) is 11.8 Å². The highest BCUT2D eigenvalue weighted by molar-refractivity contribution is 7.10. The van der Waals surface area contributed by atoms with Gasteiger partial charge < -0.3 is 13.9 Å². The lowest BCUT2D eigenvalue weighted by atomic mass is 10.1. The van der Waals surface area contributed by atoms with Crippen LogP contribution in [0, 0.1) is 0 Å². The maximum absolute atomic E-state index is 12.3. The van der Waals surface area contributed by atoms with Crippen molar-refractivity contribution in [1.82, 2.24) is 0 Å². The Hall–Kier alpha value is -3.12. The van der Waals surface area contributed by atoms with E-state index in [4.69, 9.17) is 13.9 Å². The molecule has 0 radical (unpaired) electrons. The number of carbonyl (C=O) groups excluding carboxylic acids is 2. The van der Waals surface area contributed by atoms with E-state index in [1.807, 2.05) is 17.5 Å². The third kappa shape index (κ3) is 2.63. The van der Waals surface area contributed by atoms with Crippen LogP contribution in [-0.4, -0.2) is 11.8 Å². The lowest BCUT2D eigenvalue weighted by molar-refractivity contribution is 0.0701. The first-order chi connectivity index (χ1) is 11.7. The molecule has 5 nitrogen and oxygen atoms in total. The summed E-state index contributed by atoms with van der Waals surface area (Å²) in [6, 6.07) is 11.6. The molecule has 24 heavy (non-hydrogen) atoms. The Balaban J connectivity index is 1.58. The molecule has 2 aromatic heterocycles. The molecule has 4 rings (SSSR count). The van der Waals surface area contributed by atoms with Gasteiger partial charge >= 0.3 is 5.97 Å². The number of Topliss-reactive ketones (excluding diaryl/α,β-unsaturated/α-hetero) is 1. The molecule has 0 fully saturated rings. The maximum Gasteiger partial charge on any atom is 0.379 e. The molecule has 1 aromatic carbocycles. The van der Waals surface area contributed by atoms with Crippen LogP contribution in [0.2, 0.25) is 0 Å². The van der Waals surface area contributed by atoms with Crippen molar-refractivity contribution in [3.8, 4) is 11.5 Å². The number of hydrogen-bond donors (Lipinski definition) is 0. The average Bonchev–Trinajstić information content (AvgIpc) is 3.31. The number of hydrogen-bond acceptors (Lipinski definition) is 6. The number of ketones is 1. The minimum atomic E-state index is -0.612. The normalized spacial score (nSPS) is 14.5. The molecule has 0 atom stereocenters. The number of benzene rings is 1. The minimum absolute atomic E-state index is 0.103. The van der Waals surface area contributed by atoms with Crippen LogP contribution >= 0.6 is 11.3 Å². The first-order valence-electron chi connectivity index (χ1n) is 7.08. The number of carbonyl (C=O) groups is 2. The van der Waals surface area contributed by atoms with Crippen LogP contribution in [0.5, 0.6) is 11.5 Å². The van der Waals surface area contributed by atoms with E-state index < -0.39 is 5.97 Å². The van der Waals surface area contributed by atoms with E-state index in [9.17, 15) is 9.59 Å². The molecule has 1 aliphatic heterocycles. The van der Waals surface area contributed by atoms with E-state index >= 15 is 0 Å². The monoisotopic (exact) mass is 338 g/mol. The Kier molecular flexibility index (Phi) is 3.51. The van der Waals surface area contributed by atoms with Gasteiger partial charge in [0.25, 0.3) is 0 Å². The van der Waals surface area contributed by atoms with Crippen LogP contribution in [0.25, 0.3) is 6.08 Å². The van der Waals surface area contributed by atoms with E-state index in [0.717, 1.165) is 4.88 Å². The summed E-state index contributed by atoms with van der Waals surface area (Å²) in [6.45, 7) is 0. The highest BCUT2D eigenvalue weighted by atomic mass is 32.1. The number of rotatable bonds is 3. The molecule has 0 unspecified atom stereocenters. The lowest BCUT2D eigenvalue weighted by Gasteiger charge is -2.03. The summed E-state index contributed by atoms with van der Waals surface area (Å²) < 4.78 is 15.8. The van der Waals surface area contributed by atoms with Gasteiger partial charge in [-0.25, -0.2) is 4.79 Å². The van der Waals surface area contributed by atoms with Crippen LogP contribution in [0.1, 0.15) is 25.8 Å². The molecule has 0 saturated carbocycles. The first-order valence-corrected chi connectivity index (χ1v) is 7.96. The Morgan fingerprint density at radius 1 is 1.17 bits per heavy atom.